The lowest BCUT2D eigenvalue weighted by Gasteiger charge is -2.21. The van der Waals surface area contributed by atoms with E-state index in [1.54, 1.807) is 11.8 Å². The second-order valence-electron chi connectivity index (χ2n) is 3.87. The standard InChI is InChI=1S/C13H23NO4/c1-5-7-8-14(13(16)17-6-2)9-10-18-12(4)11(3)15/h4-10H2,1-3H3. The molecule has 0 saturated heterocycles. The van der Waals surface area contributed by atoms with Crippen molar-refractivity contribution >= 4 is 11.9 Å². The maximum Gasteiger partial charge on any atom is 0.409 e. The summed E-state index contributed by atoms with van der Waals surface area (Å²) in [5.41, 5.74) is 0. The normalized spacial score (nSPS) is 9.72. The first-order valence-electron chi connectivity index (χ1n) is 6.27. The molecule has 0 aliphatic carbocycles. The topological polar surface area (TPSA) is 55.8 Å². The molecule has 18 heavy (non-hydrogen) atoms. The highest BCUT2D eigenvalue weighted by atomic mass is 16.6. The number of Topliss-reactive ketones (excluding diaryl/α,β-unsaturated/α-hetero) is 1. The Hall–Kier alpha value is -1.52. The van der Waals surface area contributed by atoms with Gasteiger partial charge in [0.25, 0.3) is 0 Å². The van der Waals surface area contributed by atoms with Gasteiger partial charge < -0.3 is 14.4 Å². The Balaban J connectivity index is 4.11. The number of hydrogen-bond donors (Lipinski definition) is 0. The van der Waals surface area contributed by atoms with E-state index in [1.165, 1.54) is 6.92 Å². The molecule has 0 heterocycles. The van der Waals surface area contributed by atoms with E-state index in [0.29, 0.717) is 19.7 Å². The van der Waals surface area contributed by atoms with E-state index < -0.39 is 0 Å². The summed E-state index contributed by atoms with van der Waals surface area (Å²) < 4.78 is 10.1. The fourth-order valence-electron chi connectivity index (χ4n) is 1.24. The van der Waals surface area contributed by atoms with Crippen molar-refractivity contribution in [2.75, 3.05) is 26.3 Å². The number of hydrogen-bond acceptors (Lipinski definition) is 4. The lowest BCUT2D eigenvalue weighted by atomic mass is 10.3. The van der Waals surface area contributed by atoms with Crippen molar-refractivity contribution in [2.45, 2.75) is 33.6 Å². The Bertz CT molecular complexity index is 289. The van der Waals surface area contributed by atoms with Crippen LogP contribution < -0.4 is 0 Å². The number of nitrogens with zero attached hydrogens (tertiary/aromatic N) is 1. The van der Waals surface area contributed by atoms with Crippen LogP contribution in [0.1, 0.15) is 33.6 Å². The SMILES string of the molecule is C=C(OCCN(CCCC)C(=O)OCC)C(C)=O. The van der Waals surface area contributed by atoms with Gasteiger partial charge >= 0.3 is 6.09 Å². The zero-order valence-electron chi connectivity index (χ0n) is 11.5. The third kappa shape index (κ3) is 6.93. The highest BCUT2D eigenvalue weighted by molar-refractivity contribution is 5.90. The van der Waals surface area contributed by atoms with Crippen molar-refractivity contribution in [1.82, 2.24) is 4.90 Å². The summed E-state index contributed by atoms with van der Waals surface area (Å²) in [5, 5.41) is 0. The molecule has 0 N–H and O–H groups in total. The van der Waals surface area contributed by atoms with Crippen LogP contribution in [0.5, 0.6) is 0 Å². The van der Waals surface area contributed by atoms with Crippen LogP contribution in [0.2, 0.25) is 0 Å². The number of unbranched alkanes of at least 4 members (excludes halogenated alkanes) is 1. The third-order valence-corrected chi connectivity index (χ3v) is 2.34. The molecule has 0 unspecified atom stereocenters. The summed E-state index contributed by atoms with van der Waals surface area (Å²) in [6, 6.07) is 0. The van der Waals surface area contributed by atoms with Crippen LogP contribution in [0.4, 0.5) is 4.79 Å². The maximum absolute atomic E-state index is 11.6. The van der Waals surface area contributed by atoms with E-state index >= 15 is 0 Å². The van der Waals surface area contributed by atoms with Crippen LogP contribution in [-0.2, 0) is 14.3 Å². The van der Waals surface area contributed by atoms with E-state index in [2.05, 4.69) is 13.5 Å². The number of carbonyl (C=O) groups is 2. The molecule has 5 nitrogen and oxygen atoms in total. The summed E-state index contributed by atoms with van der Waals surface area (Å²) in [4.78, 5) is 24.1. The molecule has 0 aliphatic heterocycles. The number of rotatable bonds is 9. The second-order valence-corrected chi connectivity index (χ2v) is 3.87. The Morgan fingerprint density at radius 3 is 2.33 bits per heavy atom. The van der Waals surface area contributed by atoms with Crippen LogP contribution >= 0.6 is 0 Å². The van der Waals surface area contributed by atoms with Gasteiger partial charge in [0.1, 0.15) is 6.61 Å². The molecular formula is C13H23NO4. The molecule has 0 atom stereocenters. The smallest absolute Gasteiger partial charge is 0.409 e. The largest absolute Gasteiger partial charge is 0.489 e. The minimum Gasteiger partial charge on any atom is -0.489 e. The summed E-state index contributed by atoms with van der Waals surface area (Å²) in [6.07, 6.45) is 1.56. The maximum atomic E-state index is 11.6. The number of amides is 1. The zero-order valence-corrected chi connectivity index (χ0v) is 11.5. The highest BCUT2D eigenvalue weighted by Crippen LogP contribution is 2.01. The molecule has 0 saturated carbocycles. The number of ether oxygens (including phenoxy) is 2. The lowest BCUT2D eigenvalue weighted by molar-refractivity contribution is -0.116. The minimum absolute atomic E-state index is 0.120. The average molecular weight is 257 g/mol. The fraction of sp³-hybridized carbons (Fsp3) is 0.692. The van der Waals surface area contributed by atoms with E-state index in [0.717, 1.165) is 12.8 Å². The molecule has 0 aromatic heterocycles. The monoisotopic (exact) mass is 257 g/mol. The Morgan fingerprint density at radius 2 is 1.83 bits per heavy atom. The molecule has 0 aliphatic rings. The van der Waals surface area contributed by atoms with E-state index in [4.69, 9.17) is 9.47 Å². The number of allylic oxidation sites excluding steroid dienone is 1. The molecule has 104 valence electrons. The van der Waals surface area contributed by atoms with Crippen LogP contribution in [0.25, 0.3) is 0 Å². The first-order valence-corrected chi connectivity index (χ1v) is 6.27. The molecule has 0 rings (SSSR count). The predicted octanol–water partition coefficient (Wildman–Crippen LogP) is 2.36. The van der Waals surface area contributed by atoms with Crippen LogP contribution in [-0.4, -0.2) is 43.1 Å². The van der Waals surface area contributed by atoms with Gasteiger partial charge in [-0.25, -0.2) is 4.79 Å². The van der Waals surface area contributed by atoms with E-state index in [1.807, 2.05) is 0 Å². The number of carbonyl (C=O) groups excluding carboxylic acids is 2. The van der Waals surface area contributed by atoms with Gasteiger partial charge in [-0.15, -0.1) is 0 Å². The molecule has 0 spiro atoms. The quantitative estimate of drug-likeness (QED) is 0.470. The van der Waals surface area contributed by atoms with Crippen molar-refractivity contribution in [2.24, 2.45) is 0 Å². The van der Waals surface area contributed by atoms with Crippen LogP contribution in [0.15, 0.2) is 12.3 Å². The Kier molecular flexibility index (Phi) is 8.70. The Labute approximate surface area is 109 Å². The third-order valence-electron chi connectivity index (χ3n) is 2.34. The van der Waals surface area contributed by atoms with E-state index in [9.17, 15) is 9.59 Å². The van der Waals surface area contributed by atoms with Crippen molar-refractivity contribution in [3.8, 4) is 0 Å². The van der Waals surface area contributed by atoms with Gasteiger partial charge in [0.05, 0.1) is 13.2 Å². The van der Waals surface area contributed by atoms with Crippen molar-refractivity contribution in [1.29, 1.82) is 0 Å². The molecular weight excluding hydrogens is 234 g/mol. The summed E-state index contributed by atoms with van der Waals surface area (Å²) >= 11 is 0. The molecule has 0 aromatic carbocycles. The first-order chi connectivity index (χ1) is 8.52. The molecule has 0 aromatic rings. The molecule has 1 amide bonds. The Morgan fingerprint density at radius 1 is 1.17 bits per heavy atom. The van der Waals surface area contributed by atoms with Gasteiger partial charge in [-0.1, -0.05) is 19.9 Å². The number of ketones is 1. The molecule has 0 radical (unpaired) electrons. The molecule has 0 bridgehead atoms. The van der Waals surface area contributed by atoms with Gasteiger partial charge in [-0.2, -0.15) is 0 Å². The van der Waals surface area contributed by atoms with Gasteiger partial charge in [-0.3, -0.25) is 4.79 Å². The summed E-state index contributed by atoms with van der Waals surface area (Å²) in [6.45, 7) is 10.3. The lowest BCUT2D eigenvalue weighted by Crippen LogP contribution is -2.35. The van der Waals surface area contributed by atoms with Gasteiger partial charge in [0.15, 0.2) is 11.5 Å². The minimum atomic E-state index is -0.344. The van der Waals surface area contributed by atoms with Crippen molar-refractivity contribution in [3.63, 3.8) is 0 Å². The van der Waals surface area contributed by atoms with Gasteiger partial charge in [0.2, 0.25) is 0 Å². The summed E-state index contributed by atoms with van der Waals surface area (Å²) in [5.74, 6) is -0.0828. The fourth-order valence-corrected chi connectivity index (χ4v) is 1.24. The van der Waals surface area contributed by atoms with Crippen molar-refractivity contribution in [3.05, 3.63) is 12.3 Å². The average Bonchev–Trinajstić information content (AvgIpc) is 2.33. The first kappa shape index (κ1) is 16.5. The van der Waals surface area contributed by atoms with Crippen LogP contribution in [0, 0.1) is 0 Å². The molecule has 0 fully saturated rings. The van der Waals surface area contributed by atoms with Gasteiger partial charge in [-0.05, 0) is 13.3 Å². The molecule has 5 heteroatoms. The van der Waals surface area contributed by atoms with Crippen LogP contribution in [0.3, 0.4) is 0 Å². The van der Waals surface area contributed by atoms with Gasteiger partial charge in [0, 0.05) is 13.5 Å². The predicted molar refractivity (Wildman–Crippen MR) is 69.3 cm³/mol. The zero-order chi connectivity index (χ0) is 14.0. The summed E-state index contributed by atoms with van der Waals surface area (Å²) in [7, 11) is 0. The second kappa shape index (κ2) is 9.50. The van der Waals surface area contributed by atoms with Crippen molar-refractivity contribution < 1.29 is 19.1 Å². The van der Waals surface area contributed by atoms with E-state index in [-0.39, 0.29) is 24.2 Å². The highest BCUT2D eigenvalue weighted by Gasteiger charge is 2.14.